The molecule has 2 aromatic heterocycles. The Morgan fingerprint density at radius 1 is 1.14 bits per heavy atom. The SMILES string of the molecule is Cc1c(Cl)cccc1NS(=O)(=O)c1cc(-c2nc(-c3cccc(F)c3)no2)cs1. The number of nitrogens with one attached hydrogen (secondary N) is 1. The molecule has 0 spiro atoms. The second-order valence-corrected chi connectivity index (χ2v) is 9.33. The molecule has 0 radical (unpaired) electrons. The first-order valence-corrected chi connectivity index (χ1v) is 11.0. The Balaban J connectivity index is 1.61. The van der Waals surface area contributed by atoms with Crippen molar-refractivity contribution in [1.82, 2.24) is 10.1 Å². The van der Waals surface area contributed by atoms with Gasteiger partial charge in [-0.15, -0.1) is 11.3 Å². The lowest BCUT2D eigenvalue weighted by Gasteiger charge is -2.10. The normalized spacial score (nSPS) is 11.6. The van der Waals surface area contributed by atoms with E-state index in [1.165, 1.54) is 18.2 Å². The van der Waals surface area contributed by atoms with Crippen molar-refractivity contribution in [2.45, 2.75) is 11.1 Å². The van der Waals surface area contributed by atoms with Crippen molar-refractivity contribution in [3.63, 3.8) is 0 Å². The van der Waals surface area contributed by atoms with Crippen LogP contribution in [0.1, 0.15) is 5.56 Å². The predicted molar refractivity (Wildman–Crippen MR) is 110 cm³/mol. The highest BCUT2D eigenvalue weighted by atomic mass is 35.5. The van der Waals surface area contributed by atoms with E-state index in [-0.39, 0.29) is 15.9 Å². The van der Waals surface area contributed by atoms with E-state index >= 15 is 0 Å². The third-order valence-corrected chi connectivity index (χ3v) is 7.32. The average molecular weight is 450 g/mol. The van der Waals surface area contributed by atoms with E-state index in [2.05, 4.69) is 14.9 Å². The molecule has 10 heteroatoms. The third-order valence-electron chi connectivity index (χ3n) is 4.11. The molecule has 4 rings (SSSR count). The number of hydrogen-bond acceptors (Lipinski definition) is 6. The molecule has 4 aromatic rings. The van der Waals surface area contributed by atoms with E-state index in [1.807, 2.05) is 0 Å². The first-order valence-electron chi connectivity index (χ1n) is 8.30. The summed E-state index contributed by atoms with van der Waals surface area (Å²) < 4.78 is 46.7. The minimum atomic E-state index is -3.82. The summed E-state index contributed by atoms with van der Waals surface area (Å²) in [5.41, 5.74) is 1.94. The van der Waals surface area contributed by atoms with Gasteiger partial charge in [-0.2, -0.15) is 4.98 Å². The molecule has 29 heavy (non-hydrogen) atoms. The van der Waals surface area contributed by atoms with Gasteiger partial charge in [0.15, 0.2) is 0 Å². The lowest BCUT2D eigenvalue weighted by molar-refractivity contribution is 0.432. The molecule has 0 saturated carbocycles. The highest BCUT2D eigenvalue weighted by Crippen LogP contribution is 2.31. The molecule has 2 aromatic carbocycles. The molecule has 0 atom stereocenters. The molecule has 148 valence electrons. The van der Waals surface area contributed by atoms with Gasteiger partial charge in [0.25, 0.3) is 15.9 Å². The van der Waals surface area contributed by atoms with Gasteiger partial charge in [-0.05, 0) is 42.8 Å². The summed E-state index contributed by atoms with van der Waals surface area (Å²) in [6.07, 6.45) is 0. The van der Waals surface area contributed by atoms with Crippen molar-refractivity contribution < 1.29 is 17.3 Å². The van der Waals surface area contributed by atoms with Crippen LogP contribution in [0.2, 0.25) is 5.02 Å². The topological polar surface area (TPSA) is 85.1 Å². The standard InChI is InChI=1S/C19H13ClFN3O3S2/c1-11-15(20)6-3-7-16(11)24-29(25,26)17-9-13(10-28-17)19-22-18(23-27-19)12-4-2-5-14(21)8-12/h2-10,24H,1H3. The molecule has 2 heterocycles. The monoisotopic (exact) mass is 449 g/mol. The van der Waals surface area contributed by atoms with Crippen LogP contribution in [0.3, 0.4) is 0 Å². The second kappa shape index (κ2) is 7.58. The first kappa shape index (κ1) is 19.6. The van der Waals surface area contributed by atoms with Gasteiger partial charge < -0.3 is 4.52 Å². The fraction of sp³-hybridized carbons (Fsp3) is 0.0526. The smallest absolute Gasteiger partial charge is 0.271 e. The third kappa shape index (κ3) is 4.02. The van der Waals surface area contributed by atoms with Gasteiger partial charge in [0, 0.05) is 16.0 Å². The predicted octanol–water partition coefficient (Wildman–Crippen LogP) is 5.37. The average Bonchev–Trinajstić information content (AvgIpc) is 3.35. The molecule has 1 N–H and O–H groups in total. The Morgan fingerprint density at radius 3 is 2.72 bits per heavy atom. The molecule has 0 unspecified atom stereocenters. The molecule has 0 amide bonds. The van der Waals surface area contributed by atoms with Gasteiger partial charge in [0.1, 0.15) is 10.0 Å². The van der Waals surface area contributed by atoms with Crippen molar-refractivity contribution in [2.75, 3.05) is 4.72 Å². The highest BCUT2D eigenvalue weighted by molar-refractivity contribution is 7.94. The van der Waals surface area contributed by atoms with Crippen LogP contribution >= 0.6 is 22.9 Å². The van der Waals surface area contributed by atoms with Gasteiger partial charge in [0.2, 0.25) is 5.82 Å². The molecule has 0 saturated heterocycles. The van der Waals surface area contributed by atoms with Gasteiger partial charge in [-0.25, -0.2) is 12.8 Å². The van der Waals surface area contributed by atoms with Crippen molar-refractivity contribution in [1.29, 1.82) is 0 Å². The summed E-state index contributed by atoms with van der Waals surface area (Å²) in [6.45, 7) is 1.73. The zero-order valence-corrected chi connectivity index (χ0v) is 17.3. The number of benzene rings is 2. The van der Waals surface area contributed by atoms with Crippen LogP contribution in [-0.4, -0.2) is 18.6 Å². The number of halogens is 2. The maximum Gasteiger partial charge on any atom is 0.271 e. The number of sulfonamides is 1. The molecule has 0 aliphatic carbocycles. The summed E-state index contributed by atoms with van der Waals surface area (Å²) in [6, 6.07) is 12.2. The number of nitrogens with zero attached hydrogens (tertiary/aromatic N) is 2. The minimum absolute atomic E-state index is 0.0809. The molecular formula is C19H13ClFN3O3S2. The molecule has 0 aliphatic rings. The summed E-state index contributed by atoms with van der Waals surface area (Å²) in [7, 11) is -3.82. The van der Waals surface area contributed by atoms with Crippen molar-refractivity contribution in [3.8, 4) is 22.8 Å². The molecule has 0 fully saturated rings. The molecule has 6 nitrogen and oxygen atoms in total. The van der Waals surface area contributed by atoms with E-state index in [1.54, 1.807) is 42.6 Å². The van der Waals surface area contributed by atoms with Crippen LogP contribution < -0.4 is 4.72 Å². The van der Waals surface area contributed by atoms with E-state index in [9.17, 15) is 12.8 Å². The molecule has 0 bridgehead atoms. The van der Waals surface area contributed by atoms with Crippen molar-refractivity contribution in [3.05, 3.63) is 70.3 Å². The number of anilines is 1. The first-order chi connectivity index (χ1) is 13.8. The van der Waals surface area contributed by atoms with E-state index in [4.69, 9.17) is 16.1 Å². The van der Waals surface area contributed by atoms with Crippen LogP contribution in [-0.2, 0) is 10.0 Å². The van der Waals surface area contributed by atoms with Crippen LogP contribution in [0.4, 0.5) is 10.1 Å². The highest BCUT2D eigenvalue weighted by Gasteiger charge is 2.21. The number of hydrogen-bond donors (Lipinski definition) is 1. The number of aromatic nitrogens is 2. The lowest BCUT2D eigenvalue weighted by atomic mass is 10.2. The fourth-order valence-electron chi connectivity index (χ4n) is 2.57. The quantitative estimate of drug-likeness (QED) is 0.443. The number of thiophene rings is 1. The molecular weight excluding hydrogens is 437 g/mol. The van der Waals surface area contributed by atoms with E-state index in [0.717, 1.165) is 11.3 Å². The van der Waals surface area contributed by atoms with Gasteiger partial charge in [-0.3, -0.25) is 4.72 Å². The van der Waals surface area contributed by atoms with Crippen LogP contribution in [0.5, 0.6) is 0 Å². The maximum atomic E-state index is 13.4. The summed E-state index contributed by atoms with van der Waals surface area (Å²) in [5.74, 6) is -0.0659. The van der Waals surface area contributed by atoms with Crippen LogP contribution in [0, 0.1) is 12.7 Å². The second-order valence-electron chi connectivity index (χ2n) is 6.11. The Bertz CT molecular complexity index is 1300. The van der Waals surface area contributed by atoms with Gasteiger partial charge in [0.05, 0.1) is 11.3 Å². The Kier molecular flexibility index (Phi) is 5.12. The summed E-state index contributed by atoms with van der Waals surface area (Å²) >= 11 is 7.07. The number of rotatable bonds is 5. The largest absolute Gasteiger partial charge is 0.334 e. The van der Waals surface area contributed by atoms with E-state index in [0.29, 0.717) is 27.4 Å². The van der Waals surface area contributed by atoms with E-state index < -0.39 is 15.8 Å². The Morgan fingerprint density at radius 2 is 1.93 bits per heavy atom. The fourth-order valence-corrected chi connectivity index (χ4v) is 5.02. The van der Waals surface area contributed by atoms with Gasteiger partial charge >= 0.3 is 0 Å². The zero-order chi connectivity index (χ0) is 20.6. The maximum absolute atomic E-state index is 13.4. The molecule has 0 aliphatic heterocycles. The van der Waals surface area contributed by atoms with Crippen LogP contribution in [0.25, 0.3) is 22.8 Å². The van der Waals surface area contributed by atoms with Gasteiger partial charge in [-0.1, -0.05) is 35.0 Å². The van der Waals surface area contributed by atoms with Crippen molar-refractivity contribution >= 4 is 38.6 Å². The minimum Gasteiger partial charge on any atom is -0.334 e. The van der Waals surface area contributed by atoms with Crippen molar-refractivity contribution in [2.24, 2.45) is 0 Å². The zero-order valence-electron chi connectivity index (χ0n) is 14.9. The lowest BCUT2D eigenvalue weighted by Crippen LogP contribution is -2.12. The Labute approximate surface area is 175 Å². The van der Waals surface area contributed by atoms with Crippen LogP contribution in [0.15, 0.2) is 62.6 Å². The summed E-state index contributed by atoms with van der Waals surface area (Å²) in [4.78, 5) is 4.23. The summed E-state index contributed by atoms with van der Waals surface area (Å²) in [5, 5.41) is 5.90. The Hall–Kier alpha value is -2.75.